The van der Waals surface area contributed by atoms with Gasteiger partial charge in [-0.15, -0.1) is 0 Å². The number of carbonyl (C=O) groups excluding carboxylic acids is 1. The minimum Gasteiger partial charge on any atom is -0.298 e. The molecular formula is C14H14F3N3O. The maximum atomic E-state index is 13.0. The lowest BCUT2D eigenvalue weighted by Crippen LogP contribution is -2.11. The molecule has 0 spiro atoms. The van der Waals surface area contributed by atoms with Gasteiger partial charge in [0.05, 0.1) is 11.3 Å². The lowest BCUT2D eigenvalue weighted by atomic mass is 10.1. The van der Waals surface area contributed by atoms with Gasteiger partial charge in [0, 0.05) is 18.4 Å². The first-order valence-corrected chi connectivity index (χ1v) is 6.52. The number of benzene rings is 1. The van der Waals surface area contributed by atoms with Crippen LogP contribution in [-0.2, 0) is 19.0 Å². The van der Waals surface area contributed by atoms with Crippen LogP contribution >= 0.6 is 0 Å². The fourth-order valence-corrected chi connectivity index (χ4v) is 2.00. The second-order valence-corrected chi connectivity index (χ2v) is 4.45. The molecule has 1 heterocycles. The molecule has 1 aromatic heterocycles. The van der Waals surface area contributed by atoms with Gasteiger partial charge in [-0.05, 0) is 18.2 Å². The smallest absolute Gasteiger partial charge is 0.298 e. The van der Waals surface area contributed by atoms with E-state index in [0.717, 1.165) is 12.1 Å². The third-order valence-corrected chi connectivity index (χ3v) is 3.06. The van der Waals surface area contributed by atoms with E-state index in [2.05, 4.69) is 10.1 Å². The molecule has 0 saturated heterocycles. The SMILES string of the molecule is CCc1nc(CC)n(-c2ccc(C=O)c(C(F)(F)F)c2)n1. The Hall–Kier alpha value is -2.18. The summed E-state index contributed by atoms with van der Waals surface area (Å²) in [6, 6.07) is 3.52. The highest BCUT2D eigenvalue weighted by Gasteiger charge is 2.34. The van der Waals surface area contributed by atoms with E-state index in [1.807, 2.05) is 13.8 Å². The van der Waals surface area contributed by atoms with Crippen molar-refractivity contribution >= 4 is 6.29 Å². The summed E-state index contributed by atoms with van der Waals surface area (Å²) in [7, 11) is 0. The van der Waals surface area contributed by atoms with E-state index in [1.165, 1.54) is 10.7 Å². The molecule has 1 aromatic carbocycles. The van der Waals surface area contributed by atoms with Crippen molar-refractivity contribution in [2.45, 2.75) is 32.9 Å². The van der Waals surface area contributed by atoms with E-state index >= 15 is 0 Å². The van der Waals surface area contributed by atoms with Gasteiger partial charge in [0.1, 0.15) is 5.82 Å². The van der Waals surface area contributed by atoms with Crippen LogP contribution in [0.5, 0.6) is 0 Å². The summed E-state index contributed by atoms with van der Waals surface area (Å²) >= 11 is 0. The number of hydrogen-bond donors (Lipinski definition) is 0. The Balaban J connectivity index is 2.60. The predicted octanol–water partition coefficient (Wildman–Crippen LogP) is 3.22. The average molecular weight is 297 g/mol. The minimum atomic E-state index is -4.59. The molecule has 0 unspecified atom stereocenters. The molecule has 0 saturated carbocycles. The summed E-state index contributed by atoms with van der Waals surface area (Å²) in [6.07, 6.45) is -3.25. The zero-order chi connectivity index (χ0) is 15.6. The number of halogens is 3. The molecule has 0 N–H and O–H groups in total. The first-order valence-electron chi connectivity index (χ1n) is 6.52. The van der Waals surface area contributed by atoms with E-state index in [1.54, 1.807) is 0 Å². The lowest BCUT2D eigenvalue weighted by molar-refractivity contribution is -0.137. The second-order valence-electron chi connectivity index (χ2n) is 4.45. The Morgan fingerprint density at radius 2 is 1.95 bits per heavy atom. The Labute approximate surface area is 119 Å². The number of hydrogen-bond acceptors (Lipinski definition) is 3. The number of rotatable bonds is 4. The number of aldehydes is 1. The predicted molar refractivity (Wildman–Crippen MR) is 70.5 cm³/mol. The molecule has 0 bridgehead atoms. The summed E-state index contributed by atoms with van der Waals surface area (Å²) in [5.74, 6) is 1.15. The summed E-state index contributed by atoms with van der Waals surface area (Å²) < 4.78 is 40.3. The third-order valence-electron chi connectivity index (χ3n) is 3.06. The highest BCUT2D eigenvalue weighted by atomic mass is 19.4. The quantitative estimate of drug-likeness (QED) is 0.814. The standard InChI is InChI=1S/C14H14F3N3O/c1-3-12-18-13(4-2)20(19-12)10-6-5-9(8-21)11(7-10)14(15,16)17/h5-8H,3-4H2,1-2H3. The molecule has 2 aromatic rings. The van der Waals surface area contributed by atoms with Crippen LogP contribution in [0.25, 0.3) is 5.69 Å². The van der Waals surface area contributed by atoms with E-state index in [9.17, 15) is 18.0 Å². The normalized spacial score (nSPS) is 11.7. The number of alkyl halides is 3. The van der Waals surface area contributed by atoms with Crippen LogP contribution in [0.1, 0.15) is 41.4 Å². The molecule has 0 aliphatic carbocycles. The largest absolute Gasteiger partial charge is 0.417 e. The van der Waals surface area contributed by atoms with Gasteiger partial charge < -0.3 is 0 Å². The van der Waals surface area contributed by atoms with Crippen molar-refractivity contribution in [3.05, 3.63) is 41.0 Å². The fourth-order valence-electron chi connectivity index (χ4n) is 2.00. The maximum absolute atomic E-state index is 13.0. The molecule has 112 valence electrons. The molecule has 0 amide bonds. The fraction of sp³-hybridized carbons (Fsp3) is 0.357. The minimum absolute atomic E-state index is 0.201. The van der Waals surface area contributed by atoms with Crippen molar-refractivity contribution in [1.82, 2.24) is 14.8 Å². The lowest BCUT2D eigenvalue weighted by Gasteiger charge is -2.12. The Bertz CT molecular complexity index is 662. The summed E-state index contributed by atoms with van der Waals surface area (Å²) in [5, 5.41) is 4.20. The number of carbonyl (C=O) groups is 1. The van der Waals surface area contributed by atoms with Crippen LogP contribution in [0.2, 0.25) is 0 Å². The van der Waals surface area contributed by atoms with Crippen LogP contribution in [0.4, 0.5) is 13.2 Å². The Morgan fingerprint density at radius 3 is 2.48 bits per heavy atom. The highest BCUT2D eigenvalue weighted by molar-refractivity contribution is 5.78. The third kappa shape index (κ3) is 2.96. The summed E-state index contributed by atoms with van der Waals surface area (Å²) in [6.45, 7) is 3.72. The zero-order valence-electron chi connectivity index (χ0n) is 11.6. The average Bonchev–Trinajstić information content (AvgIpc) is 2.89. The van der Waals surface area contributed by atoms with Crippen LogP contribution in [-0.4, -0.2) is 21.1 Å². The maximum Gasteiger partial charge on any atom is 0.417 e. The van der Waals surface area contributed by atoms with Gasteiger partial charge in [-0.1, -0.05) is 13.8 Å². The monoisotopic (exact) mass is 297 g/mol. The van der Waals surface area contributed by atoms with Crippen molar-refractivity contribution < 1.29 is 18.0 Å². The topological polar surface area (TPSA) is 47.8 Å². The van der Waals surface area contributed by atoms with E-state index in [4.69, 9.17) is 0 Å². The molecule has 0 aliphatic heterocycles. The second kappa shape index (κ2) is 5.67. The van der Waals surface area contributed by atoms with E-state index in [0.29, 0.717) is 24.5 Å². The van der Waals surface area contributed by atoms with Crippen LogP contribution in [0.15, 0.2) is 18.2 Å². The van der Waals surface area contributed by atoms with Crippen molar-refractivity contribution in [2.24, 2.45) is 0 Å². The van der Waals surface area contributed by atoms with Crippen LogP contribution < -0.4 is 0 Å². The van der Waals surface area contributed by atoms with E-state index < -0.39 is 11.7 Å². The zero-order valence-corrected chi connectivity index (χ0v) is 11.6. The molecule has 0 radical (unpaired) electrons. The summed E-state index contributed by atoms with van der Waals surface area (Å²) in [4.78, 5) is 15.0. The number of nitrogens with zero attached hydrogens (tertiary/aromatic N) is 3. The van der Waals surface area contributed by atoms with Gasteiger partial charge in [0.15, 0.2) is 12.1 Å². The summed E-state index contributed by atoms with van der Waals surface area (Å²) in [5.41, 5.74) is -1.11. The molecule has 0 aliphatic rings. The van der Waals surface area contributed by atoms with Crippen LogP contribution in [0, 0.1) is 0 Å². The van der Waals surface area contributed by atoms with Crippen molar-refractivity contribution in [1.29, 1.82) is 0 Å². The first-order chi connectivity index (χ1) is 9.90. The molecule has 21 heavy (non-hydrogen) atoms. The Kier molecular flexibility index (Phi) is 4.11. The van der Waals surface area contributed by atoms with E-state index in [-0.39, 0.29) is 17.5 Å². The highest BCUT2D eigenvalue weighted by Crippen LogP contribution is 2.32. The molecule has 0 atom stereocenters. The van der Waals surface area contributed by atoms with Gasteiger partial charge >= 0.3 is 6.18 Å². The Morgan fingerprint density at radius 1 is 1.24 bits per heavy atom. The van der Waals surface area contributed by atoms with Crippen LogP contribution in [0.3, 0.4) is 0 Å². The molecule has 4 nitrogen and oxygen atoms in total. The molecule has 0 fully saturated rings. The van der Waals surface area contributed by atoms with Crippen molar-refractivity contribution in [2.75, 3.05) is 0 Å². The number of aromatic nitrogens is 3. The van der Waals surface area contributed by atoms with Gasteiger partial charge in [-0.3, -0.25) is 4.79 Å². The molecular weight excluding hydrogens is 283 g/mol. The van der Waals surface area contributed by atoms with Gasteiger partial charge in [-0.25, -0.2) is 9.67 Å². The molecule has 2 rings (SSSR count). The number of aryl methyl sites for hydroxylation is 2. The first kappa shape index (κ1) is 15.2. The van der Waals surface area contributed by atoms with Crippen molar-refractivity contribution in [3.8, 4) is 5.69 Å². The van der Waals surface area contributed by atoms with Gasteiger partial charge in [0.2, 0.25) is 0 Å². The van der Waals surface area contributed by atoms with Crippen molar-refractivity contribution in [3.63, 3.8) is 0 Å². The van der Waals surface area contributed by atoms with Gasteiger partial charge in [-0.2, -0.15) is 18.3 Å². The van der Waals surface area contributed by atoms with Gasteiger partial charge in [0.25, 0.3) is 0 Å². The molecule has 7 heteroatoms.